The minimum Gasteiger partial charge on any atom is -0.370 e. The third-order valence-corrected chi connectivity index (χ3v) is 5.29. The van der Waals surface area contributed by atoms with Gasteiger partial charge in [-0.1, -0.05) is 24.3 Å². The molecule has 1 aliphatic rings. The molecule has 5 heteroatoms. The standard InChI is InChI=1S/C20H23FN2OS/c21-17-10-8-16(9-11-17)14-25-15-20(24)22-18-6-2-3-7-19(18)23-12-4-1-5-13-23/h2-3,6-11H,1,4-5,12-15H2,(H,22,24). The average Bonchev–Trinajstić information content (AvgIpc) is 2.64. The van der Waals surface area contributed by atoms with E-state index in [9.17, 15) is 9.18 Å². The highest BCUT2D eigenvalue weighted by atomic mass is 32.2. The summed E-state index contributed by atoms with van der Waals surface area (Å²) in [5.74, 6) is 0.838. The number of thioether (sulfide) groups is 1. The lowest BCUT2D eigenvalue weighted by molar-refractivity contribution is -0.113. The van der Waals surface area contributed by atoms with Crippen molar-refractivity contribution in [2.75, 3.05) is 29.1 Å². The van der Waals surface area contributed by atoms with E-state index in [4.69, 9.17) is 0 Å². The Hall–Kier alpha value is -2.01. The number of para-hydroxylation sites is 2. The molecule has 0 unspecified atom stereocenters. The Kier molecular flexibility index (Phi) is 6.34. The van der Waals surface area contributed by atoms with Gasteiger partial charge in [-0.3, -0.25) is 4.79 Å². The fraction of sp³-hybridized carbons (Fsp3) is 0.350. The van der Waals surface area contributed by atoms with E-state index in [-0.39, 0.29) is 11.7 Å². The normalized spacial score (nSPS) is 14.4. The molecule has 3 nitrogen and oxygen atoms in total. The summed E-state index contributed by atoms with van der Waals surface area (Å²) in [5.41, 5.74) is 3.02. The number of carbonyl (C=O) groups excluding carboxylic acids is 1. The largest absolute Gasteiger partial charge is 0.370 e. The van der Waals surface area contributed by atoms with E-state index < -0.39 is 0 Å². The number of nitrogens with one attached hydrogen (secondary N) is 1. The van der Waals surface area contributed by atoms with E-state index in [0.29, 0.717) is 11.5 Å². The zero-order valence-corrected chi connectivity index (χ0v) is 15.0. The second kappa shape index (κ2) is 8.90. The number of anilines is 2. The number of hydrogen-bond donors (Lipinski definition) is 1. The van der Waals surface area contributed by atoms with E-state index in [1.54, 1.807) is 12.1 Å². The SMILES string of the molecule is O=C(CSCc1ccc(F)cc1)Nc1ccccc1N1CCCCC1. The number of rotatable bonds is 6. The van der Waals surface area contributed by atoms with Crippen LogP contribution in [-0.2, 0) is 10.5 Å². The first-order valence-corrected chi connectivity index (χ1v) is 9.84. The topological polar surface area (TPSA) is 32.3 Å². The molecule has 3 rings (SSSR count). The highest BCUT2D eigenvalue weighted by molar-refractivity contribution is 7.99. The van der Waals surface area contributed by atoms with Crippen molar-refractivity contribution >= 4 is 29.0 Å². The van der Waals surface area contributed by atoms with Crippen LogP contribution in [0.1, 0.15) is 24.8 Å². The third kappa shape index (κ3) is 5.23. The van der Waals surface area contributed by atoms with Crippen LogP contribution in [-0.4, -0.2) is 24.7 Å². The molecule has 0 aromatic heterocycles. The molecule has 1 N–H and O–H groups in total. The Morgan fingerprint density at radius 3 is 2.52 bits per heavy atom. The number of piperidine rings is 1. The van der Waals surface area contributed by atoms with Crippen LogP contribution in [0, 0.1) is 5.82 Å². The molecule has 0 saturated carbocycles. The number of benzene rings is 2. The van der Waals surface area contributed by atoms with Crippen LogP contribution >= 0.6 is 11.8 Å². The zero-order valence-electron chi connectivity index (χ0n) is 14.2. The molecule has 0 aliphatic carbocycles. The number of nitrogens with zero attached hydrogens (tertiary/aromatic N) is 1. The molecule has 2 aromatic carbocycles. The van der Waals surface area contributed by atoms with Gasteiger partial charge in [0, 0.05) is 18.8 Å². The molecule has 132 valence electrons. The van der Waals surface area contributed by atoms with Crippen molar-refractivity contribution in [3.05, 3.63) is 59.9 Å². The van der Waals surface area contributed by atoms with Crippen molar-refractivity contribution in [2.45, 2.75) is 25.0 Å². The monoisotopic (exact) mass is 358 g/mol. The summed E-state index contributed by atoms with van der Waals surface area (Å²) in [6, 6.07) is 14.4. The highest BCUT2D eigenvalue weighted by Gasteiger charge is 2.15. The first kappa shape index (κ1) is 17.8. The predicted molar refractivity (Wildman–Crippen MR) is 104 cm³/mol. The number of carbonyl (C=O) groups is 1. The fourth-order valence-electron chi connectivity index (χ4n) is 3.02. The number of halogens is 1. The molecular weight excluding hydrogens is 335 g/mol. The maximum Gasteiger partial charge on any atom is 0.234 e. The lowest BCUT2D eigenvalue weighted by atomic mass is 10.1. The molecule has 1 aliphatic heterocycles. The van der Waals surface area contributed by atoms with Gasteiger partial charge in [-0.05, 0) is 49.1 Å². The summed E-state index contributed by atoms with van der Waals surface area (Å²) in [6.45, 7) is 2.10. The van der Waals surface area contributed by atoms with Gasteiger partial charge in [0.15, 0.2) is 0 Å². The molecule has 1 saturated heterocycles. The zero-order chi connectivity index (χ0) is 17.5. The molecule has 2 aromatic rings. The molecule has 0 radical (unpaired) electrons. The van der Waals surface area contributed by atoms with Crippen molar-refractivity contribution in [3.63, 3.8) is 0 Å². The summed E-state index contributed by atoms with van der Waals surface area (Å²) < 4.78 is 12.9. The van der Waals surface area contributed by atoms with Gasteiger partial charge in [0.2, 0.25) is 5.91 Å². The van der Waals surface area contributed by atoms with Crippen molar-refractivity contribution in [3.8, 4) is 0 Å². The van der Waals surface area contributed by atoms with Gasteiger partial charge in [0.1, 0.15) is 5.82 Å². The van der Waals surface area contributed by atoms with Gasteiger partial charge >= 0.3 is 0 Å². The maximum atomic E-state index is 12.9. The van der Waals surface area contributed by atoms with Crippen molar-refractivity contribution in [1.29, 1.82) is 0 Å². The van der Waals surface area contributed by atoms with Crippen molar-refractivity contribution < 1.29 is 9.18 Å². The number of hydrogen-bond acceptors (Lipinski definition) is 3. The van der Waals surface area contributed by atoms with Gasteiger partial charge in [0.05, 0.1) is 17.1 Å². The average molecular weight is 358 g/mol. The van der Waals surface area contributed by atoms with Gasteiger partial charge in [-0.25, -0.2) is 4.39 Å². The van der Waals surface area contributed by atoms with Crippen LogP contribution in [0.2, 0.25) is 0 Å². The number of amides is 1. The van der Waals surface area contributed by atoms with Crippen LogP contribution in [0.3, 0.4) is 0 Å². The second-order valence-electron chi connectivity index (χ2n) is 6.23. The third-order valence-electron chi connectivity index (χ3n) is 4.29. The van der Waals surface area contributed by atoms with Gasteiger partial charge in [0.25, 0.3) is 0 Å². The lowest BCUT2D eigenvalue weighted by Crippen LogP contribution is -2.30. The van der Waals surface area contributed by atoms with Crippen LogP contribution in [0.15, 0.2) is 48.5 Å². The van der Waals surface area contributed by atoms with Gasteiger partial charge in [-0.2, -0.15) is 0 Å². The van der Waals surface area contributed by atoms with Gasteiger partial charge < -0.3 is 10.2 Å². The predicted octanol–water partition coefficient (Wildman–Crippen LogP) is 4.69. The smallest absolute Gasteiger partial charge is 0.234 e. The Morgan fingerprint density at radius 1 is 1.04 bits per heavy atom. The summed E-state index contributed by atoms with van der Waals surface area (Å²) in [5, 5.41) is 3.04. The molecule has 0 spiro atoms. The minimum absolute atomic E-state index is 0.00317. The fourth-order valence-corrected chi connectivity index (χ4v) is 3.81. The van der Waals surface area contributed by atoms with E-state index in [1.165, 1.54) is 43.2 Å². The first-order valence-electron chi connectivity index (χ1n) is 8.68. The maximum absolute atomic E-state index is 12.9. The van der Waals surface area contributed by atoms with Crippen molar-refractivity contribution in [2.24, 2.45) is 0 Å². The Balaban J connectivity index is 1.53. The summed E-state index contributed by atoms with van der Waals surface area (Å²) in [7, 11) is 0. The Morgan fingerprint density at radius 2 is 1.76 bits per heavy atom. The Labute approximate surface area is 152 Å². The lowest BCUT2D eigenvalue weighted by Gasteiger charge is -2.30. The van der Waals surface area contributed by atoms with E-state index in [1.807, 2.05) is 18.2 Å². The minimum atomic E-state index is -0.235. The molecule has 1 fully saturated rings. The first-order chi connectivity index (χ1) is 12.2. The van der Waals surface area contributed by atoms with Crippen LogP contribution in [0.25, 0.3) is 0 Å². The molecule has 25 heavy (non-hydrogen) atoms. The van der Waals surface area contributed by atoms with Crippen LogP contribution in [0.4, 0.5) is 15.8 Å². The van der Waals surface area contributed by atoms with Crippen molar-refractivity contribution in [1.82, 2.24) is 0 Å². The molecule has 0 atom stereocenters. The van der Waals surface area contributed by atoms with Crippen LogP contribution in [0.5, 0.6) is 0 Å². The molecule has 1 amide bonds. The van der Waals surface area contributed by atoms with E-state index in [2.05, 4.69) is 16.3 Å². The van der Waals surface area contributed by atoms with Gasteiger partial charge in [-0.15, -0.1) is 11.8 Å². The second-order valence-corrected chi connectivity index (χ2v) is 7.22. The summed E-state index contributed by atoms with van der Waals surface area (Å²) in [6.07, 6.45) is 3.69. The quantitative estimate of drug-likeness (QED) is 0.813. The molecule has 0 bridgehead atoms. The highest BCUT2D eigenvalue weighted by Crippen LogP contribution is 2.28. The van der Waals surface area contributed by atoms with E-state index >= 15 is 0 Å². The summed E-state index contributed by atoms with van der Waals surface area (Å²) in [4.78, 5) is 14.6. The Bertz CT molecular complexity index is 699. The summed E-state index contributed by atoms with van der Waals surface area (Å²) >= 11 is 1.53. The molecular formula is C20H23FN2OS. The van der Waals surface area contributed by atoms with E-state index in [0.717, 1.165) is 30.0 Å². The molecule has 1 heterocycles. The van der Waals surface area contributed by atoms with Crippen LogP contribution < -0.4 is 10.2 Å².